The molecule has 1 N–H and O–H groups in total. The zero-order chi connectivity index (χ0) is 14.5. The molecule has 1 spiro atoms. The van der Waals surface area contributed by atoms with Gasteiger partial charge in [0.25, 0.3) is 0 Å². The predicted octanol–water partition coefficient (Wildman–Crippen LogP) is 4.11. The Morgan fingerprint density at radius 3 is 2.71 bits per heavy atom. The Kier molecular flexibility index (Phi) is 4.97. The Morgan fingerprint density at radius 2 is 1.95 bits per heavy atom. The minimum atomic E-state index is -0.143. The normalized spacial score (nSPS) is 26.0. The molecule has 1 saturated heterocycles. The average Bonchev–Trinajstić information content (AvgIpc) is 2.96. The molecule has 21 heavy (non-hydrogen) atoms. The third kappa shape index (κ3) is 3.87. The molecule has 1 aliphatic carbocycles. The maximum atomic E-state index is 10.5. The average molecular weight is 288 g/mol. The van der Waals surface area contributed by atoms with E-state index in [0.29, 0.717) is 5.92 Å². The van der Waals surface area contributed by atoms with Gasteiger partial charge in [0.1, 0.15) is 0 Å². The molecular weight excluding hydrogens is 260 g/mol. The summed E-state index contributed by atoms with van der Waals surface area (Å²) in [6, 6.07) is 10.6. The molecule has 2 aliphatic rings. The molecule has 116 valence electrons. The number of hydrogen-bond donors (Lipinski definition) is 1. The molecule has 0 radical (unpaired) electrons. The lowest BCUT2D eigenvalue weighted by Gasteiger charge is -2.40. The van der Waals surface area contributed by atoms with Gasteiger partial charge in [0, 0.05) is 6.61 Å². The van der Waals surface area contributed by atoms with Crippen molar-refractivity contribution in [2.45, 2.75) is 69.5 Å². The van der Waals surface area contributed by atoms with Crippen molar-refractivity contribution in [3.8, 4) is 0 Å². The molecule has 2 heteroatoms. The number of ether oxygens (including phenoxy) is 1. The van der Waals surface area contributed by atoms with Gasteiger partial charge in [0.15, 0.2) is 0 Å². The fourth-order valence-electron chi connectivity index (χ4n) is 4.16. The summed E-state index contributed by atoms with van der Waals surface area (Å²) in [4.78, 5) is 0. The van der Waals surface area contributed by atoms with E-state index >= 15 is 0 Å². The molecule has 1 aromatic carbocycles. The molecule has 2 nitrogen and oxygen atoms in total. The number of aliphatic hydroxyl groups excluding tert-OH is 1. The minimum Gasteiger partial charge on any atom is -0.393 e. The number of rotatable bonds is 5. The zero-order valence-corrected chi connectivity index (χ0v) is 13.0. The summed E-state index contributed by atoms with van der Waals surface area (Å²) < 4.78 is 6.07. The fraction of sp³-hybridized carbons (Fsp3) is 0.684. The van der Waals surface area contributed by atoms with Crippen LogP contribution in [0.4, 0.5) is 0 Å². The predicted molar refractivity (Wildman–Crippen MR) is 85.3 cm³/mol. The first-order chi connectivity index (χ1) is 10.3. The van der Waals surface area contributed by atoms with Gasteiger partial charge < -0.3 is 9.84 Å². The molecule has 2 atom stereocenters. The Morgan fingerprint density at radius 1 is 1.19 bits per heavy atom. The highest BCUT2D eigenvalue weighted by Gasteiger charge is 2.41. The van der Waals surface area contributed by atoms with Gasteiger partial charge in [-0.25, -0.2) is 0 Å². The number of aliphatic hydroxyl groups is 1. The van der Waals surface area contributed by atoms with E-state index in [9.17, 15) is 5.11 Å². The summed E-state index contributed by atoms with van der Waals surface area (Å²) in [6.45, 7) is 0.848. The van der Waals surface area contributed by atoms with Gasteiger partial charge in [-0.3, -0.25) is 0 Å². The maximum absolute atomic E-state index is 10.5. The second-order valence-corrected chi connectivity index (χ2v) is 6.94. The van der Waals surface area contributed by atoms with Crippen LogP contribution in [0.2, 0.25) is 0 Å². The standard InChI is InChI=1S/C19H28O2/c20-18(10-6-9-16-7-2-1-3-8-16)17-11-14-21-19(15-17)12-4-5-13-19/h1-3,7-8,17-18,20H,4-6,9-15H2. The van der Waals surface area contributed by atoms with E-state index in [-0.39, 0.29) is 11.7 Å². The molecule has 0 bridgehead atoms. The lowest BCUT2D eigenvalue weighted by atomic mass is 9.80. The Labute approximate surface area is 128 Å². The smallest absolute Gasteiger partial charge is 0.0686 e. The van der Waals surface area contributed by atoms with Crippen molar-refractivity contribution >= 4 is 0 Å². The van der Waals surface area contributed by atoms with E-state index < -0.39 is 0 Å². The molecule has 0 amide bonds. The molecule has 2 unspecified atom stereocenters. The van der Waals surface area contributed by atoms with Crippen LogP contribution in [0.5, 0.6) is 0 Å². The van der Waals surface area contributed by atoms with Gasteiger partial charge in [-0.15, -0.1) is 0 Å². The van der Waals surface area contributed by atoms with Crippen LogP contribution in [0.3, 0.4) is 0 Å². The van der Waals surface area contributed by atoms with E-state index in [1.807, 2.05) is 0 Å². The first-order valence-electron chi connectivity index (χ1n) is 8.63. The highest BCUT2D eigenvalue weighted by molar-refractivity contribution is 5.14. The van der Waals surface area contributed by atoms with Crippen LogP contribution >= 0.6 is 0 Å². The first kappa shape index (κ1) is 15.1. The second kappa shape index (κ2) is 6.93. The third-order valence-corrected chi connectivity index (χ3v) is 5.40. The van der Waals surface area contributed by atoms with Crippen LogP contribution in [-0.4, -0.2) is 23.4 Å². The summed E-state index contributed by atoms with van der Waals surface area (Å²) in [5, 5.41) is 10.5. The summed E-state index contributed by atoms with van der Waals surface area (Å²) in [6.07, 6.45) is 10.1. The Hall–Kier alpha value is -0.860. The minimum absolute atomic E-state index is 0.128. The Bertz CT molecular complexity index is 422. The highest BCUT2D eigenvalue weighted by Crippen LogP contribution is 2.43. The Balaban J connectivity index is 1.45. The first-order valence-corrected chi connectivity index (χ1v) is 8.63. The van der Waals surface area contributed by atoms with Crippen LogP contribution in [0.1, 0.15) is 56.9 Å². The van der Waals surface area contributed by atoms with Crippen molar-refractivity contribution < 1.29 is 9.84 Å². The van der Waals surface area contributed by atoms with E-state index in [4.69, 9.17) is 4.74 Å². The zero-order valence-electron chi connectivity index (χ0n) is 13.0. The van der Waals surface area contributed by atoms with Crippen LogP contribution in [-0.2, 0) is 11.2 Å². The van der Waals surface area contributed by atoms with Gasteiger partial charge in [0.2, 0.25) is 0 Å². The highest BCUT2D eigenvalue weighted by atomic mass is 16.5. The van der Waals surface area contributed by atoms with Crippen molar-refractivity contribution in [2.75, 3.05) is 6.61 Å². The lowest BCUT2D eigenvalue weighted by Crippen LogP contribution is -2.41. The maximum Gasteiger partial charge on any atom is 0.0686 e. The SMILES string of the molecule is OC(CCCc1ccccc1)C1CCOC2(CCCC2)C1. The van der Waals surface area contributed by atoms with E-state index in [1.54, 1.807) is 0 Å². The monoisotopic (exact) mass is 288 g/mol. The quantitative estimate of drug-likeness (QED) is 0.883. The fourth-order valence-corrected chi connectivity index (χ4v) is 4.16. The van der Waals surface area contributed by atoms with Crippen LogP contribution < -0.4 is 0 Å². The van der Waals surface area contributed by atoms with Gasteiger partial charge in [0.05, 0.1) is 11.7 Å². The third-order valence-electron chi connectivity index (χ3n) is 5.40. The van der Waals surface area contributed by atoms with Crippen molar-refractivity contribution in [2.24, 2.45) is 5.92 Å². The summed E-state index contributed by atoms with van der Waals surface area (Å²) in [7, 11) is 0. The molecule has 1 aromatic rings. The van der Waals surface area contributed by atoms with Gasteiger partial charge in [-0.1, -0.05) is 43.2 Å². The second-order valence-electron chi connectivity index (χ2n) is 6.94. The van der Waals surface area contributed by atoms with Crippen LogP contribution in [0.15, 0.2) is 30.3 Å². The van der Waals surface area contributed by atoms with Crippen molar-refractivity contribution in [3.05, 3.63) is 35.9 Å². The van der Waals surface area contributed by atoms with Crippen molar-refractivity contribution in [1.29, 1.82) is 0 Å². The molecule has 1 heterocycles. The topological polar surface area (TPSA) is 29.5 Å². The number of hydrogen-bond acceptors (Lipinski definition) is 2. The molecular formula is C19H28O2. The van der Waals surface area contributed by atoms with Crippen LogP contribution in [0, 0.1) is 5.92 Å². The molecule has 0 aromatic heterocycles. The van der Waals surface area contributed by atoms with Gasteiger partial charge in [-0.2, -0.15) is 0 Å². The van der Waals surface area contributed by atoms with E-state index in [0.717, 1.165) is 38.7 Å². The summed E-state index contributed by atoms with van der Waals surface area (Å²) >= 11 is 0. The molecule has 2 fully saturated rings. The van der Waals surface area contributed by atoms with Crippen molar-refractivity contribution in [1.82, 2.24) is 0 Å². The number of aryl methyl sites for hydroxylation is 1. The van der Waals surface area contributed by atoms with E-state index in [1.165, 1.54) is 31.2 Å². The summed E-state index contributed by atoms with van der Waals surface area (Å²) in [5.41, 5.74) is 1.51. The van der Waals surface area contributed by atoms with E-state index in [2.05, 4.69) is 30.3 Å². The molecule has 1 saturated carbocycles. The summed E-state index contributed by atoms with van der Waals surface area (Å²) in [5.74, 6) is 0.452. The molecule has 3 rings (SSSR count). The lowest BCUT2D eigenvalue weighted by molar-refractivity contribution is -0.113. The molecule has 1 aliphatic heterocycles. The van der Waals surface area contributed by atoms with Crippen LogP contribution in [0.25, 0.3) is 0 Å². The van der Waals surface area contributed by atoms with Gasteiger partial charge >= 0.3 is 0 Å². The van der Waals surface area contributed by atoms with Gasteiger partial charge in [-0.05, 0) is 56.4 Å². The number of benzene rings is 1. The van der Waals surface area contributed by atoms with Crippen molar-refractivity contribution in [3.63, 3.8) is 0 Å². The largest absolute Gasteiger partial charge is 0.393 e.